The summed E-state index contributed by atoms with van der Waals surface area (Å²) in [6.45, 7) is 0. The number of amides is 1. The van der Waals surface area contributed by atoms with Crippen molar-refractivity contribution in [1.29, 1.82) is 0 Å². The second kappa shape index (κ2) is 5.81. The van der Waals surface area contributed by atoms with Gasteiger partial charge in [0.15, 0.2) is 0 Å². The molecule has 7 nitrogen and oxygen atoms in total. The first-order chi connectivity index (χ1) is 9.88. The summed E-state index contributed by atoms with van der Waals surface area (Å²) in [4.78, 5) is 11.8. The Labute approximate surface area is 122 Å². The van der Waals surface area contributed by atoms with Crippen molar-refractivity contribution in [1.82, 2.24) is 5.43 Å². The van der Waals surface area contributed by atoms with Gasteiger partial charge in [-0.1, -0.05) is 12.1 Å². The first kappa shape index (κ1) is 14.8. The van der Waals surface area contributed by atoms with E-state index >= 15 is 0 Å². The minimum absolute atomic E-state index is 0.0389. The average molecular weight is 306 g/mol. The summed E-state index contributed by atoms with van der Waals surface area (Å²) in [7, 11) is -3.97. The van der Waals surface area contributed by atoms with E-state index in [0.717, 1.165) is 0 Å². The number of nitrogens with one attached hydrogen (secondary N) is 2. The largest absolute Gasteiger partial charge is 0.399 e. The molecule has 0 saturated carbocycles. The molecule has 0 bridgehead atoms. The molecule has 0 aliphatic carbocycles. The number of sulfonamides is 1. The van der Waals surface area contributed by atoms with Crippen molar-refractivity contribution in [2.24, 2.45) is 5.14 Å². The van der Waals surface area contributed by atoms with E-state index in [-0.39, 0.29) is 10.5 Å². The molecule has 0 aromatic heterocycles. The molecule has 0 unspecified atom stereocenters. The smallest absolute Gasteiger partial charge is 0.270 e. The van der Waals surface area contributed by atoms with E-state index in [9.17, 15) is 13.2 Å². The van der Waals surface area contributed by atoms with Gasteiger partial charge in [0.05, 0.1) is 16.1 Å². The third kappa shape index (κ3) is 3.71. The molecule has 110 valence electrons. The first-order valence-electron chi connectivity index (χ1n) is 5.91. The van der Waals surface area contributed by atoms with E-state index in [1.165, 1.54) is 18.2 Å². The quantitative estimate of drug-likeness (QED) is 0.488. The van der Waals surface area contributed by atoms with Crippen LogP contribution in [0.5, 0.6) is 0 Å². The molecule has 21 heavy (non-hydrogen) atoms. The van der Waals surface area contributed by atoms with Crippen molar-refractivity contribution in [2.45, 2.75) is 4.90 Å². The Morgan fingerprint density at radius 1 is 1.00 bits per heavy atom. The van der Waals surface area contributed by atoms with Crippen molar-refractivity contribution >= 4 is 27.3 Å². The molecule has 2 aromatic carbocycles. The molecule has 2 aromatic rings. The fourth-order valence-electron chi connectivity index (χ4n) is 1.67. The maximum atomic E-state index is 12.0. The van der Waals surface area contributed by atoms with Gasteiger partial charge < -0.3 is 5.73 Å². The highest BCUT2D eigenvalue weighted by Crippen LogP contribution is 2.14. The Morgan fingerprint density at radius 3 is 2.24 bits per heavy atom. The summed E-state index contributed by atoms with van der Waals surface area (Å²) < 4.78 is 22.9. The predicted octanol–water partition coefficient (Wildman–Crippen LogP) is 0.673. The molecular weight excluding hydrogens is 292 g/mol. The second-order valence-electron chi connectivity index (χ2n) is 4.24. The number of carbonyl (C=O) groups excluding carboxylic acids is 1. The zero-order chi connectivity index (χ0) is 15.5. The van der Waals surface area contributed by atoms with Gasteiger partial charge in [0.2, 0.25) is 10.0 Å². The van der Waals surface area contributed by atoms with Crippen LogP contribution in [0.15, 0.2) is 53.4 Å². The molecule has 0 fully saturated rings. The lowest BCUT2D eigenvalue weighted by Crippen LogP contribution is -2.31. The SMILES string of the molecule is Nc1ccc(NNC(=O)c2ccccc2S(N)(=O)=O)cc1. The standard InChI is InChI=1S/C13H14N4O3S/c14-9-5-7-10(8-6-9)16-17-13(18)11-3-1-2-4-12(11)21(15,19)20/h1-8,16H,14H2,(H,17,18)(H2,15,19,20). The molecule has 0 saturated heterocycles. The lowest BCUT2D eigenvalue weighted by atomic mass is 10.2. The number of carbonyl (C=O) groups is 1. The van der Waals surface area contributed by atoms with Crippen LogP contribution in [-0.2, 0) is 10.0 Å². The van der Waals surface area contributed by atoms with Crippen LogP contribution in [0.25, 0.3) is 0 Å². The van der Waals surface area contributed by atoms with Crippen molar-refractivity contribution < 1.29 is 13.2 Å². The van der Waals surface area contributed by atoms with E-state index in [4.69, 9.17) is 10.9 Å². The summed E-state index contributed by atoms with van der Waals surface area (Å²) in [6.07, 6.45) is 0. The van der Waals surface area contributed by atoms with Crippen LogP contribution < -0.4 is 21.7 Å². The summed E-state index contributed by atoms with van der Waals surface area (Å²) in [5.41, 5.74) is 11.8. The van der Waals surface area contributed by atoms with Crippen LogP contribution in [0.3, 0.4) is 0 Å². The molecule has 0 spiro atoms. The van der Waals surface area contributed by atoms with E-state index in [2.05, 4.69) is 10.9 Å². The van der Waals surface area contributed by atoms with E-state index in [1.54, 1.807) is 30.3 Å². The zero-order valence-electron chi connectivity index (χ0n) is 10.9. The maximum absolute atomic E-state index is 12.0. The minimum atomic E-state index is -3.97. The lowest BCUT2D eigenvalue weighted by molar-refractivity contribution is 0.0959. The zero-order valence-corrected chi connectivity index (χ0v) is 11.7. The Kier molecular flexibility index (Phi) is 4.10. The molecular formula is C13H14N4O3S. The summed E-state index contributed by atoms with van der Waals surface area (Å²) in [5.74, 6) is -0.614. The van der Waals surface area contributed by atoms with Gasteiger partial charge in [0, 0.05) is 5.69 Å². The van der Waals surface area contributed by atoms with Crippen molar-refractivity contribution in [3.05, 3.63) is 54.1 Å². The van der Waals surface area contributed by atoms with Crippen LogP contribution in [-0.4, -0.2) is 14.3 Å². The normalized spacial score (nSPS) is 10.9. The van der Waals surface area contributed by atoms with Gasteiger partial charge in [-0.3, -0.25) is 15.6 Å². The Hall–Kier alpha value is -2.58. The monoisotopic (exact) mass is 306 g/mol. The van der Waals surface area contributed by atoms with Gasteiger partial charge in [-0.15, -0.1) is 0 Å². The first-order valence-corrected chi connectivity index (χ1v) is 7.46. The van der Waals surface area contributed by atoms with Crippen LogP contribution in [0.2, 0.25) is 0 Å². The summed E-state index contributed by atoms with van der Waals surface area (Å²) in [5, 5.41) is 5.08. The predicted molar refractivity (Wildman–Crippen MR) is 79.8 cm³/mol. The number of primary sulfonamides is 1. The molecule has 0 aliphatic rings. The van der Waals surface area contributed by atoms with E-state index < -0.39 is 15.9 Å². The van der Waals surface area contributed by atoms with E-state index in [1.807, 2.05) is 0 Å². The third-order valence-corrected chi connectivity index (χ3v) is 3.64. The van der Waals surface area contributed by atoms with Crippen molar-refractivity contribution in [2.75, 3.05) is 11.2 Å². The fourth-order valence-corrected chi connectivity index (χ4v) is 2.40. The average Bonchev–Trinajstić information content (AvgIpc) is 2.45. The number of rotatable bonds is 4. The highest BCUT2D eigenvalue weighted by atomic mass is 32.2. The Morgan fingerprint density at radius 2 is 1.62 bits per heavy atom. The second-order valence-corrected chi connectivity index (χ2v) is 5.77. The summed E-state index contributed by atoms with van der Waals surface area (Å²) in [6, 6.07) is 12.3. The molecule has 0 heterocycles. The molecule has 0 radical (unpaired) electrons. The van der Waals surface area contributed by atoms with Gasteiger partial charge in [-0.2, -0.15) is 0 Å². The van der Waals surface area contributed by atoms with Gasteiger partial charge in [0.1, 0.15) is 0 Å². The number of nitrogen functional groups attached to an aromatic ring is 1. The Bertz CT molecular complexity index is 757. The molecule has 0 atom stereocenters. The third-order valence-electron chi connectivity index (χ3n) is 2.67. The van der Waals surface area contributed by atoms with Crippen LogP contribution in [0.4, 0.5) is 11.4 Å². The van der Waals surface area contributed by atoms with E-state index in [0.29, 0.717) is 11.4 Å². The topological polar surface area (TPSA) is 127 Å². The van der Waals surface area contributed by atoms with Gasteiger partial charge in [-0.25, -0.2) is 13.6 Å². The number of nitrogens with two attached hydrogens (primary N) is 2. The molecule has 6 N–H and O–H groups in total. The number of benzene rings is 2. The fraction of sp³-hybridized carbons (Fsp3) is 0. The maximum Gasteiger partial charge on any atom is 0.270 e. The van der Waals surface area contributed by atoms with Crippen LogP contribution in [0.1, 0.15) is 10.4 Å². The van der Waals surface area contributed by atoms with Gasteiger partial charge >= 0.3 is 0 Å². The van der Waals surface area contributed by atoms with Crippen LogP contribution >= 0.6 is 0 Å². The summed E-state index contributed by atoms with van der Waals surface area (Å²) >= 11 is 0. The highest BCUT2D eigenvalue weighted by molar-refractivity contribution is 7.89. The minimum Gasteiger partial charge on any atom is -0.399 e. The van der Waals surface area contributed by atoms with Gasteiger partial charge in [-0.05, 0) is 36.4 Å². The van der Waals surface area contributed by atoms with Crippen molar-refractivity contribution in [3.63, 3.8) is 0 Å². The lowest BCUT2D eigenvalue weighted by Gasteiger charge is -2.10. The molecule has 0 aliphatic heterocycles. The Balaban J connectivity index is 2.16. The number of hydrogen-bond donors (Lipinski definition) is 4. The van der Waals surface area contributed by atoms with Gasteiger partial charge in [0.25, 0.3) is 5.91 Å². The molecule has 2 rings (SSSR count). The van der Waals surface area contributed by atoms with Crippen LogP contribution in [0, 0.1) is 0 Å². The molecule has 8 heteroatoms. The van der Waals surface area contributed by atoms with Crippen molar-refractivity contribution in [3.8, 4) is 0 Å². The number of anilines is 2. The number of hydrazine groups is 1. The number of hydrogen-bond acceptors (Lipinski definition) is 5. The highest BCUT2D eigenvalue weighted by Gasteiger charge is 2.18. The molecule has 1 amide bonds.